The highest BCUT2D eigenvalue weighted by Gasteiger charge is 2.06. The molecule has 1 aromatic heterocycles. The molecule has 0 aliphatic carbocycles. The van der Waals surface area contributed by atoms with E-state index in [9.17, 15) is 0 Å². The minimum absolute atomic E-state index is 0.679. The standard InChI is InChI=1S/C14H12N2O2/c1-17-13-4-3-5-14(18-2)12(13)7-6-11-8-15-10-16-9-11/h3-5,8-10H,1-2H3. The van der Waals surface area contributed by atoms with Gasteiger partial charge in [-0.3, -0.25) is 0 Å². The predicted molar refractivity (Wildman–Crippen MR) is 67.6 cm³/mol. The van der Waals surface area contributed by atoms with Crippen LogP contribution in [0.15, 0.2) is 36.9 Å². The fraction of sp³-hybridized carbons (Fsp3) is 0.143. The average Bonchev–Trinajstić information content (AvgIpc) is 2.45. The van der Waals surface area contributed by atoms with Crippen LogP contribution >= 0.6 is 0 Å². The summed E-state index contributed by atoms with van der Waals surface area (Å²) in [6.45, 7) is 0. The van der Waals surface area contributed by atoms with Crippen molar-refractivity contribution in [2.75, 3.05) is 14.2 Å². The molecule has 0 aliphatic heterocycles. The summed E-state index contributed by atoms with van der Waals surface area (Å²) in [6.07, 6.45) is 4.78. The van der Waals surface area contributed by atoms with Gasteiger partial charge in [-0.15, -0.1) is 0 Å². The van der Waals surface area contributed by atoms with Crippen molar-refractivity contribution in [3.05, 3.63) is 48.0 Å². The number of methoxy groups -OCH3 is 2. The summed E-state index contributed by atoms with van der Waals surface area (Å²) in [7, 11) is 3.21. The van der Waals surface area contributed by atoms with E-state index < -0.39 is 0 Å². The highest BCUT2D eigenvalue weighted by Crippen LogP contribution is 2.26. The third-order valence-corrected chi connectivity index (χ3v) is 2.32. The monoisotopic (exact) mass is 240 g/mol. The van der Waals surface area contributed by atoms with Gasteiger partial charge >= 0.3 is 0 Å². The third-order valence-electron chi connectivity index (χ3n) is 2.32. The zero-order chi connectivity index (χ0) is 12.8. The molecular formula is C14H12N2O2. The molecule has 0 fully saturated rings. The van der Waals surface area contributed by atoms with Crippen LogP contribution in [0.25, 0.3) is 0 Å². The molecule has 0 aliphatic rings. The van der Waals surface area contributed by atoms with Crippen LogP contribution in [0.5, 0.6) is 11.5 Å². The maximum Gasteiger partial charge on any atom is 0.138 e. The summed E-state index contributed by atoms with van der Waals surface area (Å²) in [6, 6.07) is 5.54. The van der Waals surface area contributed by atoms with Gasteiger partial charge in [0.2, 0.25) is 0 Å². The maximum atomic E-state index is 5.26. The van der Waals surface area contributed by atoms with Crippen molar-refractivity contribution < 1.29 is 9.47 Å². The van der Waals surface area contributed by atoms with E-state index in [1.807, 2.05) is 18.2 Å². The van der Waals surface area contributed by atoms with Gasteiger partial charge in [0.15, 0.2) is 0 Å². The molecule has 0 atom stereocenters. The lowest BCUT2D eigenvalue weighted by atomic mass is 10.1. The van der Waals surface area contributed by atoms with E-state index >= 15 is 0 Å². The van der Waals surface area contributed by atoms with Gasteiger partial charge in [-0.1, -0.05) is 17.9 Å². The first-order chi connectivity index (χ1) is 8.85. The van der Waals surface area contributed by atoms with E-state index in [0.29, 0.717) is 17.1 Å². The van der Waals surface area contributed by atoms with Crippen LogP contribution in [-0.2, 0) is 0 Å². The van der Waals surface area contributed by atoms with Crippen molar-refractivity contribution in [3.8, 4) is 23.3 Å². The lowest BCUT2D eigenvalue weighted by molar-refractivity contribution is 0.392. The van der Waals surface area contributed by atoms with Gasteiger partial charge in [-0.2, -0.15) is 0 Å². The lowest BCUT2D eigenvalue weighted by Gasteiger charge is -2.07. The molecule has 0 bridgehead atoms. The van der Waals surface area contributed by atoms with Gasteiger partial charge in [0.25, 0.3) is 0 Å². The third kappa shape index (κ3) is 2.58. The Morgan fingerprint density at radius 2 is 1.56 bits per heavy atom. The van der Waals surface area contributed by atoms with Crippen LogP contribution in [0.1, 0.15) is 11.1 Å². The number of aromatic nitrogens is 2. The Hall–Kier alpha value is -2.54. The molecule has 2 rings (SSSR count). The van der Waals surface area contributed by atoms with Gasteiger partial charge in [-0.25, -0.2) is 9.97 Å². The lowest BCUT2D eigenvalue weighted by Crippen LogP contribution is -1.92. The molecule has 4 heteroatoms. The number of ether oxygens (including phenoxy) is 2. The SMILES string of the molecule is COc1cccc(OC)c1C#Cc1cncnc1. The molecule has 0 spiro atoms. The quantitative estimate of drug-likeness (QED) is 0.752. The fourth-order valence-electron chi connectivity index (χ4n) is 1.47. The van der Waals surface area contributed by atoms with Crippen LogP contribution in [0.3, 0.4) is 0 Å². The molecule has 0 saturated carbocycles. The Bertz CT molecular complexity index is 563. The molecule has 1 aromatic carbocycles. The van der Waals surface area contributed by atoms with Crippen LogP contribution in [-0.4, -0.2) is 24.2 Å². The van der Waals surface area contributed by atoms with E-state index in [4.69, 9.17) is 9.47 Å². The second kappa shape index (κ2) is 5.69. The van der Waals surface area contributed by atoms with Gasteiger partial charge < -0.3 is 9.47 Å². The predicted octanol–water partition coefficient (Wildman–Crippen LogP) is 1.89. The van der Waals surface area contributed by atoms with E-state index in [2.05, 4.69) is 21.8 Å². The van der Waals surface area contributed by atoms with Crippen molar-refractivity contribution in [1.82, 2.24) is 9.97 Å². The smallest absolute Gasteiger partial charge is 0.138 e. The summed E-state index contributed by atoms with van der Waals surface area (Å²) < 4.78 is 10.5. The Balaban J connectivity index is 2.43. The highest BCUT2D eigenvalue weighted by molar-refractivity contribution is 5.56. The molecule has 0 unspecified atom stereocenters. The zero-order valence-electron chi connectivity index (χ0n) is 10.2. The summed E-state index contributed by atoms with van der Waals surface area (Å²) in [4.78, 5) is 7.81. The van der Waals surface area contributed by atoms with Gasteiger partial charge in [0.1, 0.15) is 23.4 Å². The number of hydrogen-bond acceptors (Lipinski definition) is 4. The van der Waals surface area contributed by atoms with E-state index in [0.717, 1.165) is 5.56 Å². The molecule has 90 valence electrons. The first kappa shape index (κ1) is 11.9. The minimum Gasteiger partial charge on any atom is -0.495 e. The Morgan fingerprint density at radius 3 is 2.11 bits per heavy atom. The van der Waals surface area contributed by atoms with Crippen molar-refractivity contribution >= 4 is 0 Å². The zero-order valence-corrected chi connectivity index (χ0v) is 10.2. The van der Waals surface area contributed by atoms with Crippen molar-refractivity contribution in [3.63, 3.8) is 0 Å². The minimum atomic E-state index is 0.679. The maximum absolute atomic E-state index is 5.26. The molecule has 0 N–H and O–H groups in total. The molecule has 1 heterocycles. The number of hydrogen-bond donors (Lipinski definition) is 0. The fourth-order valence-corrected chi connectivity index (χ4v) is 1.47. The van der Waals surface area contributed by atoms with Crippen LogP contribution in [0.4, 0.5) is 0 Å². The van der Waals surface area contributed by atoms with E-state index in [-0.39, 0.29) is 0 Å². The van der Waals surface area contributed by atoms with Crippen molar-refractivity contribution in [2.24, 2.45) is 0 Å². The first-order valence-electron chi connectivity index (χ1n) is 5.33. The van der Waals surface area contributed by atoms with Crippen molar-refractivity contribution in [1.29, 1.82) is 0 Å². The Labute approximate surface area is 106 Å². The van der Waals surface area contributed by atoms with Gasteiger partial charge in [0.05, 0.1) is 19.8 Å². The largest absolute Gasteiger partial charge is 0.495 e. The highest BCUT2D eigenvalue weighted by atomic mass is 16.5. The molecule has 18 heavy (non-hydrogen) atoms. The van der Waals surface area contributed by atoms with E-state index in [1.54, 1.807) is 26.6 Å². The molecular weight excluding hydrogens is 228 g/mol. The summed E-state index contributed by atoms with van der Waals surface area (Å²) in [5, 5.41) is 0. The van der Waals surface area contributed by atoms with Crippen LogP contribution in [0.2, 0.25) is 0 Å². The number of benzene rings is 1. The van der Waals surface area contributed by atoms with Crippen LogP contribution in [0, 0.1) is 11.8 Å². The summed E-state index contributed by atoms with van der Waals surface area (Å²) >= 11 is 0. The van der Waals surface area contributed by atoms with Crippen LogP contribution < -0.4 is 9.47 Å². The normalized spacial score (nSPS) is 9.22. The molecule has 0 amide bonds. The van der Waals surface area contributed by atoms with Crippen molar-refractivity contribution in [2.45, 2.75) is 0 Å². The Morgan fingerprint density at radius 1 is 0.944 bits per heavy atom. The average molecular weight is 240 g/mol. The molecule has 0 saturated heterocycles. The topological polar surface area (TPSA) is 44.2 Å². The molecule has 0 radical (unpaired) electrons. The number of nitrogens with zero attached hydrogens (tertiary/aromatic N) is 2. The molecule has 4 nitrogen and oxygen atoms in total. The second-order valence-electron chi connectivity index (χ2n) is 3.41. The van der Waals surface area contributed by atoms with Gasteiger partial charge in [-0.05, 0) is 12.1 Å². The van der Waals surface area contributed by atoms with E-state index in [1.165, 1.54) is 6.33 Å². The second-order valence-corrected chi connectivity index (χ2v) is 3.41. The molecule has 2 aromatic rings. The Kier molecular flexibility index (Phi) is 3.77. The summed E-state index contributed by atoms with van der Waals surface area (Å²) in [5.41, 5.74) is 1.46. The first-order valence-corrected chi connectivity index (χ1v) is 5.33. The van der Waals surface area contributed by atoms with Gasteiger partial charge in [0, 0.05) is 12.4 Å². The number of rotatable bonds is 2. The summed E-state index contributed by atoms with van der Waals surface area (Å²) in [5.74, 6) is 7.35.